The number of rotatable bonds is 8. The van der Waals surface area contributed by atoms with Gasteiger partial charge < -0.3 is 20.1 Å². The summed E-state index contributed by atoms with van der Waals surface area (Å²) in [6, 6.07) is 16.3. The summed E-state index contributed by atoms with van der Waals surface area (Å²) in [5.74, 6) is 0.429. The fourth-order valence-corrected chi connectivity index (χ4v) is 3.67. The normalized spacial score (nSPS) is 10.5. The van der Waals surface area contributed by atoms with Gasteiger partial charge in [0.25, 0.3) is 5.91 Å². The number of ether oxygens (including phenoxy) is 2. The predicted octanol–water partition coefficient (Wildman–Crippen LogP) is 6.59. The molecule has 0 unspecified atom stereocenters. The minimum absolute atomic E-state index is 0.206. The molecule has 0 aromatic heterocycles. The van der Waals surface area contributed by atoms with Crippen LogP contribution in [0.1, 0.15) is 11.1 Å². The molecule has 0 atom stereocenters. The third kappa shape index (κ3) is 6.44. The molecule has 0 bridgehead atoms. The molecule has 0 saturated carbocycles. The first-order chi connectivity index (χ1) is 14.9. The lowest BCUT2D eigenvalue weighted by Crippen LogP contribution is -2.20. The SMILES string of the molecule is COc1cc(CNc2ccc(Cl)cc2Cl)cc(Cl)c1OCC(=O)Nc1cccc(C)c1. The van der Waals surface area contributed by atoms with Crippen LogP contribution < -0.4 is 20.1 Å². The zero-order valence-electron chi connectivity index (χ0n) is 17.0. The summed E-state index contributed by atoms with van der Waals surface area (Å²) in [7, 11) is 1.51. The number of halogens is 3. The van der Waals surface area contributed by atoms with Gasteiger partial charge in [-0.1, -0.05) is 46.9 Å². The maximum Gasteiger partial charge on any atom is 0.262 e. The van der Waals surface area contributed by atoms with E-state index in [1.54, 1.807) is 30.3 Å². The molecule has 5 nitrogen and oxygen atoms in total. The molecule has 3 rings (SSSR count). The van der Waals surface area contributed by atoms with Crippen LogP contribution in [0.15, 0.2) is 54.6 Å². The lowest BCUT2D eigenvalue weighted by molar-refractivity contribution is -0.118. The number of amides is 1. The van der Waals surface area contributed by atoms with Crippen LogP contribution in [0.3, 0.4) is 0 Å². The van der Waals surface area contributed by atoms with E-state index in [-0.39, 0.29) is 12.5 Å². The first-order valence-electron chi connectivity index (χ1n) is 9.40. The summed E-state index contributed by atoms with van der Waals surface area (Å²) in [5, 5.41) is 7.43. The lowest BCUT2D eigenvalue weighted by atomic mass is 10.2. The average Bonchev–Trinajstić information content (AvgIpc) is 2.72. The van der Waals surface area contributed by atoms with Crippen molar-refractivity contribution in [3.8, 4) is 11.5 Å². The Labute approximate surface area is 196 Å². The van der Waals surface area contributed by atoms with Crippen LogP contribution in [-0.2, 0) is 11.3 Å². The highest BCUT2D eigenvalue weighted by atomic mass is 35.5. The molecule has 31 heavy (non-hydrogen) atoms. The van der Waals surface area contributed by atoms with Gasteiger partial charge in [0.15, 0.2) is 18.1 Å². The number of carbonyl (C=O) groups is 1. The van der Waals surface area contributed by atoms with E-state index in [0.29, 0.717) is 38.8 Å². The van der Waals surface area contributed by atoms with E-state index in [9.17, 15) is 4.79 Å². The standard InChI is InChI=1S/C23H21Cl3N2O3/c1-14-4-3-5-17(8-14)28-22(29)13-31-23-19(26)9-15(10-21(23)30-2)12-27-20-7-6-16(24)11-18(20)25/h3-11,27H,12-13H2,1-2H3,(H,28,29). The van der Waals surface area contributed by atoms with Crippen molar-refractivity contribution >= 4 is 52.1 Å². The zero-order chi connectivity index (χ0) is 22.4. The Kier molecular flexibility index (Phi) is 7.91. The Bertz CT molecular complexity index is 1090. The number of carbonyl (C=O) groups excluding carboxylic acids is 1. The summed E-state index contributed by atoms with van der Waals surface area (Å²) in [4.78, 5) is 12.2. The maximum absolute atomic E-state index is 12.2. The topological polar surface area (TPSA) is 59.6 Å². The van der Waals surface area contributed by atoms with Crippen molar-refractivity contribution in [3.05, 3.63) is 80.8 Å². The fourth-order valence-electron chi connectivity index (χ4n) is 2.90. The van der Waals surface area contributed by atoms with E-state index in [4.69, 9.17) is 44.3 Å². The average molecular weight is 480 g/mol. The molecule has 0 aliphatic heterocycles. The number of nitrogens with one attached hydrogen (secondary N) is 2. The molecule has 0 aliphatic rings. The second kappa shape index (κ2) is 10.6. The molecule has 162 valence electrons. The molecule has 0 heterocycles. The predicted molar refractivity (Wildman–Crippen MR) is 127 cm³/mol. The molecule has 8 heteroatoms. The summed E-state index contributed by atoms with van der Waals surface area (Å²) in [6.07, 6.45) is 0. The van der Waals surface area contributed by atoms with Gasteiger partial charge in [0.05, 0.1) is 22.8 Å². The molecular weight excluding hydrogens is 459 g/mol. The molecule has 0 radical (unpaired) electrons. The van der Waals surface area contributed by atoms with Gasteiger partial charge in [-0.25, -0.2) is 0 Å². The number of methoxy groups -OCH3 is 1. The highest BCUT2D eigenvalue weighted by molar-refractivity contribution is 6.36. The highest BCUT2D eigenvalue weighted by Crippen LogP contribution is 2.37. The van der Waals surface area contributed by atoms with Crippen molar-refractivity contribution in [1.82, 2.24) is 0 Å². The maximum atomic E-state index is 12.2. The number of hydrogen-bond acceptors (Lipinski definition) is 4. The summed E-state index contributed by atoms with van der Waals surface area (Å²) in [5.41, 5.74) is 3.35. The van der Waals surface area contributed by atoms with E-state index >= 15 is 0 Å². The largest absolute Gasteiger partial charge is 0.493 e. The Hall–Kier alpha value is -2.60. The second-order valence-corrected chi connectivity index (χ2v) is 8.04. The third-order valence-electron chi connectivity index (χ3n) is 4.35. The van der Waals surface area contributed by atoms with Gasteiger partial charge in [-0.3, -0.25) is 4.79 Å². The van der Waals surface area contributed by atoms with Crippen molar-refractivity contribution in [2.75, 3.05) is 24.4 Å². The van der Waals surface area contributed by atoms with Crippen molar-refractivity contribution < 1.29 is 14.3 Å². The first-order valence-corrected chi connectivity index (χ1v) is 10.5. The van der Waals surface area contributed by atoms with Crippen molar-refractivity contribution in [2.24, 2.45) is 0 Å². The minimum Gasteiger partial charge on any atom is -0.493 e. The number of benzene rings is 3. The molecule has 0 fully saturated rings. The monoisotopic (exact) mass is 478 g/mol. The Balaban J connectivity index is 1.65. The molecule has 0 saturated heterocycles. The van der Waals surface area contributed by atoms with Gasteiger partial charge in [-0.2, -0.15) is 0 Å². The highest BCUT2D eigenvalue weighted by Gasteiger charge is 2.14. The van der Waals surface area contributed by atoms with Crippen LogP contribution in [0.25, 0.3) is 0 Å². The molecule has 0 spiro atoms. The zero-order valence-corrected chi connectivity index (χ0v) is 19.2. The number of hydrogen-bond donors (Lipinski definition) is 2. The van der Waals surface area contributed by atoms with Crippen molar-refractivity contribution in [2.45, 2.75) is 13.5 Å². The summed E-state index contributed by atoms with van der Waals surface area (Å²) in [6.45, 7) is 2.20. The van der Waals surface area contributed by atoms with Gasteiger partial charge in [0.2, 0.25) is 0 Å². The van der Waals surface area contributed by atoms with Crippen LogP contribution in [0.2, 0.25) is 15.1 Å². The van der Waals surface area contributed by atoms with Gasteiger partial charge in [-0.05, 0) is 60.5 Å². The van der Waals surface area contributed by atoms with E-state index in [0.717, 1.165) is 16.8 Å². The van der Waals surface area contributed by atoms with E-state index < -0.39 is 0 Å². The third-order valence-corrected chi connectivity index (χ3v) is 5.18. The quantitative estimate of drug-likeness (QED) is 0.382. The minimum atomic E-state index is -0.299. The van der Waals surface area contributed by atoms with Gasteiger partial charge in [0, 0.05) is 17.3 Å². The lowest BCUT2D eigenvalue weighted by Gasteiger charge is -2.15. The van der Waals surface area contributed by atoms with Crippen LogP contribution in [0.4, 0.5) is 11.4 Å². The second-order valence-electron chi connectivity index (χ2n) is 6.79. The van der Waals surface area contributed by atoms with Crippen LogP contribution in [0, 0.1) is 6.92 Å². The van der Waals surface area contributed by atoms with E-state index in [2.05, 4.69) is 10.6 Å². The van der Waals surface area contributed by atoms with Crippen LogP contribution >= 0.6 is 34.8 Å². The van der Waals surface area contributed by atoms with Crippen LogP contribution in [0.5, 0.6) is 11.5 Å². The number of anilines is 2. The molecule has 3 aromatic rings. The van der Waals surface area contributed by atoms with Crippen molar-refractivity contribution in [3.63, 3.8) is 0 Å². The molecule has 1 amide bonds. The summed E-state index contributed by atoms with van der Waals surface area (Å²) < 4.78 is 11.1. The molecule has 3 aromatic carbocycles. The summed E-state index contributed by atoms with van der Waals surface area (Å²) >= 11 is 18.5. The van der Waals surface area contributed by atoms with Gasteiger partial charge in [0.1, 0.15) is 0 Å². The fraction of sp³-hybridized carbons (Fsp3) is 0.174. The van der Waals surface area contributed by atoms with E-state index in [1.807, 2.05) is 31.2 Å². The Morgan fingerprint density at radius 3 is 2.52 bits per heavy atom. The van der Waals surface area contributed by atoms with Crippen LogP contribution in [-0.4, -0.2) is 19.6 Å². The number of aryl methyl sites for hydroxylation is 1. The smallest absolute Gasteiger partial charge is 0.262 e. The van der Waals surface area contributed by atoms with Crippen molar-refractivity contribution in [1.29, 1.82) is 0 Å². The Morgan fingerprint density at radius 2 is 1.81 bits per heavy atom. The van der Waals surface area contributed by atoms with E-state index in [1.165, 1.54) is 7.11 Å². The van der Waals surface area contributed by atoms with Gasteiger partial charge >= 0.3 is 0 Å². The molecular formula is C23H21Cl3N2O3. The Morgan fingerprint density at radius 1 is 1.00 bits per heavy atom. The molecule has 2 N–H and O–H groups in total. The molecule has 0 aliphatic carbocycles. The van der Waals surface area contributed by atoms with Gasteiger partial charge in [-0.15, -0.1) is 0 Å². The first kappa shape index (κ1) is 23.1.